The number of halogens is 1. The highest BCUT2D eigenvalue weighted by molar-refractivity contribution is 5.40. The van der Waals surface area contributed by atoms with Gasteiger partial charge in [0.05, 0.1) is 6.10 Å². The Morgan fingerprint density at radius 3 is 2.79 bits per heavy atom. The molecule has 0 aliphatic heterocycles. The first-order valence-corrected chi connectivity index (χ1v) is 6.66. The lowest BCUT2D eigenvalue weighted by atomic mass is 9.74. The second-order valence-corrected chi connectivity index (χ2v) is 5.41. The first-order chi connectivity index (χ1) is 9.13. The van der Waals surface area contributed by atoms with Crippen molar-refractivity contribution in [3.8, 4) is 0 Å². The largest absolute Gasteiger partial charge is 0.388 e. The van der Waals surface area contributed by atoms with Gasteiger partial charge in [0, 0.05) is 0 Å². The highest BCUT2D eigenvalue weighted by Crippen LogP contribution is 2.40. The van der Waals surface area contributed by atoms with Gasteiger partial charge in [-0.1, -0.05) is 30.3 Å². The van der Waals surface area contributed by atoms with Crippen molar-refractivity contribution < 1.29 is 9.50 Å². The van der Waals surface area contributed by atoms with Crippen LogP contribution in [-0.4, -0.2) is 5.11 Å². The van der Waals surface area contributed by atoms with Crippen LogP contribution in [0.5, 0.6) is 0 Å². The molecule has 0 saturated carbocycles. The van der Waals surface area contributed by atoms with Crippen molar-refractivity contribution >= 4 is 0 Å². The molecular formula is C17H17FO. The minimum absolute atomic E-state index is 0.275. The van der Waals surface area contributed by atoms with E-state index >= 15 is 0 Å². The zero-order valence-electron chi connectivity index (χ0n) is 10.9. The molecule has 0 radical (unpaired) electrons. The molecule has 2 atom stereocenters. The fourth-order valence-corrected chi connectivity index (χ4v) is 2.94. The lowest BCUT2D eigenvalue weighted by molar-refractivity contribution is 0.153. The summed E-state index contributed by atoms with van der Waals surface area (Å²) in [5.74, 6) is 0.123. The van der Waals surface area contributed by atoms with Crippen molar-refractivity contribution in [3.05, 3.63) is 70.5 Å². The lowest BCUT2D eigenvalue weighted by Crippen LogP contribution is -2.19. The van der Waals surface area contributed by atoms with Gasteiger partial charge >= 0.3 is 0 Å². The van der Waals surface area contributed by atoms with Crippen molar-refractivity contribution in [1.82, 2.24) is 0 Å². The lowest BCUT2D eigenvalue weighted by Gasteiger charge is -2.31. The monoisotopic (exact) mass is 256 g/mol. The van der Waals surface area contributed by atoms with Crippen LogP contribution in [0.15, 0.2) is 42.5 Å². The summed E-state index contributed by atoms with van der Waals surface area (Å²) in [5.41, 5.74) is 4.23. The third-order valence-corrected chi connectivity index (χ3v) is 3.92. The number of aliphatic hydroxyl groups is 1. The predicted molar refractivity (Wildman–Crippen MR) is 73.6 cm³/mol. The number of hydrogen-bond donors (Lipinski definition) is 1. The smallest absolute Gasteiger partial charge is 0.123 e. The van der Waals surface area contributed by atoms with Gasteiger partial charge in [0.15, 0.2) is 0 Å². The first kappa shape index (κ1) is 12.4. The van der Waals surface area contributed by atoms with Gasteiger partial charge in [0.2, 0.25) is 0 Å². The molecule has 0 spiro atoms. The van der Waals surface area contributed by atoms with Crippen molar-refractivity contribution in [3.63, 3.8) is 0 Å². The van der Waals surface area contributed by atoms with Crippen molar-refractivity contribution in [2.75, 3.05) is 0 Å². The average molecular weight is 256 g/mol. The Kier molecular flexibility index (Phi) is 3.11. The van der Waals surface area contributed by atoms with E-state index in [4.69, 9.17) is 0 Å². The van der Waals surface area contributed by atoms with Gasteiger partial charge in [-0.25, -0.2) is 4.39 Å². The number of benzene rings is 2. The third kappa shape index (κ3) is 2.41. The minimum Gasteiger partial charge on any atom is -0.388 e. The van der Waals surface area contributed by atoms with Crippen LogP contribution in [0.1, 0.15) is 40.7 Å². The van der Waals surface area contributed by atoms with E-state index in [1.54, 1.807) is 0 Å². The summed E-state index contributed by atoms with van der Waals surface area (Å²) >= 11 is 0. The van der Waals surface area contributed by atoms with E-state index in [-0.39, 0.29) is 5.82 Å². The van der Waals surface area contributed by atoms with Crippen LogP contribution in [0.3, 0.4) is 0 Å². The zero-order chi connectivity index (χ0) is 13.4. The molecule has 98 valence electrons. The molecule has 2 aromatic rings. The normalized spacial score (nSPS) is 18.6. The van der Waals surface area contributed by atoms with E-state index in [1.807, 2.05) is 25.1 Å². The summed E-state index contributed by atoms with van der Waals surface area (Å²) in [6.45, 7) is 1.85. The van der Waals surface area contributed by atoms with Crippen LogP contribution in [0, 0.1) is 12.7 Å². The molecule has 2 unspecified atom stereocenters. The molecule has 1 aliphatic carbocycles. The van der Waals surface area contributed by atoms with Crippen molar-refractivity contribution in [2.45, 2.75) is 31.8 Å². The van der Waals surface area contributed by atoms with Gasteiger partial charge in [0.25, 0.3) is 0 Å². The Bertz CT molecular complexity index is 586. The minimum atomic E-state index is -0.590. The van der Waals surface area contributed by atoms with Gasteiger partial charge in [-0.2, -0.15) is 0 Å². The predicted octanol–water partition coefficient (Wildman–Crippen LogP) is 3.90. The SMILES string of the molecule is Cc1cc(F)cc(C(O)CC2Cc3ccccc32)c1. The van der Waals surface area contributed by atoms with E-state index in [9.17, 15) is 9.50 Å². The van der Waals surface area contributed by atoms with Crippen LogP contribution in [0.25, 0.3) is 0 Å². The van der Waals surface area contributed by atoms with E-state index in [0.717, 1.165) is 12.0 Å². The summed E-state index contributed by atoms with van der Waals surface area (Å²) in [4.78, 5) is 0. The quantitative estimate of drug-likeness (QED) is 0.883. The van der Waals surface area contributed by atoms with Gasteiger partial charge in [-0.05, 0) is 60.1 Å². The van der Waals surface area contributed by atoms with Gasteiger partial charge in [-0.3, -0.25) is 0 Å². The van der Waals surface area contributed by atoms with Crippen molar-refractivity contribution in [1.29, 1.82) is 0 Å². The molecule has 0 fully saturated rings. The molecule has 19 heavy (non-hydrogen) atoms. The summed E-state index contributed by atoms with van der Waals surface area (Å²) < 4.78 is 13.3. The zero-order valence-corrected chi connectivity index (χ0v) is 10.9. The Labute approximate surface area is 112 Å². The average Bonchev–Trinajstić information content (AvgIpc) is 2.34. The second kappa shape index (κ2) is 4.78. The number of rotatable bonds is 3. The van der Waals surface area contributed by atoms with Crippen LogP contribution in [0.4, 0.5) is 4.39 Å². The highest BCUT2D eigenvalue weighted by Gasteiger charge is 2.28. The van der Waals surface area contributed by atoms with Crippen LogP contribution in [-0.2, 0) is 6.42 Å². The third-order valence-electron chi connectivity index (χ3n) is 3.92. The molecule has 3 rings (SSSR count). The summed E-state index contributed by atoms with van der Waals surface area (Å²) in [5, 5.41) is 10.3. The number of fused-ring (bicyclic) bond motifs is 1. The number of hydrogen-bond acceptors (Lipinski definition) is 1. The Morgan fingerprint density at radius 1 is 1.26 bits per heavy atom. The fraction of sp³-hybridized carbons (Fsp3) is 0.294. The molecule has 0 aromatic heterocycles. The molecule has 0 saturated heterocycles. The maximum Gasteiger partial charge on any atom is 0.123 e. The standard InChI is InChI=1S/C17H17FO/c1-11-6-14(9-15(18)7-11)17(19)10-13-8-12-4-2-3-5-16(12)13/h2-7,9,13,17,19H,8,10H2,1H3. The summed E-state index contributed by atoms with van der Waals surface area (Å²) in [6, 6.07) is 13.1. The number of aryl methyl sites for hydroxylation is 1. The van der Waals surface area contributed by atoms with Crippen LogP contribution in [0.2, 0.25) is 0 Å². The molecule has 2 aromatic carbocycles. The maximum atomic E-state index is 13.3. The van der Waals surface area contributed by atoms with Gasteiger partial charge < -0.3 is 5.11 Å². The Morgan fingerprint density at radius 2 is 2.05 bits per heavy atom. The summed E-state index contributed by atoms with van der Waals surface area (Å²) in [7, 11) is 0. The highest BCUT2D eigenvalue weighted by atomic mass is 19.1. The van der Waals surface area contributed by atoms with E-state index < -0.39 is 6.10 Å². The topological polar surface area (TPSA) is 20.2 Å². The van der Waals surface area contributed by atoms with Gasteiger partial charge in [-0.15, -0.1) is 0 Å². The molecule has 0 bridgehead atoms. The van der Waals surface area contributed by atoms with Crippen LogP contribution >= 0.6 is 0 Å². The molecule has 1 aliphatic rings. The van der Waals surface area contributed by atoms with Crippen molar-refractivity contribution in [2.24, 2.45) is 0 Å². The molecule has 0 amide bonds. The van der Waals surface area contributed by atoms with E-state index in [0.29, 0.717) is 17.9 Å². The first-order valence-electron chi connectivity index (χ1n) is 6.66. The number of aliphatic hydroxyl groups excluding tert-OH is 1. The van der Waals surface area contributed by atoms with Gasteiger partial charge in [0.1, 0.15) is 5.82 Å². The fourth-order valence-electron chi connectivity index (χ4n) is 2.94. The van der Waals surface area contributed by atoms with E-state index in [1.165, 1.54) is 23.3 Å². The molecule has 1 nitrogen and oxygen atoms in total. The molecule has 0 heterocycles. The van der Waals surface area contributed by atoms with E-state index in [2.05, 4.69) is 12.1 Å². The maximum absolute atomic E-state index is 13.3. The molecular weight excluding hydrogens is 239 g/mol. The summed E-state index contributed by atoms with van der Waals surface area (Å²) in [6.07, 6.45) is 1.09. The molecule has 2 heteroatoms. The Balaban J connectivity index is 1.74. The van der Waals surface area contributed by atoms with Crippen LogP contribution < -0.4 is 0 Å². The second-order valence-electron chi connectivity index (χ2n) is 5.41. The Hall–Kier alpha value is -1.67. The molecule has 1 N–H and O–H groups in total.